The van der Waals surface area contributed by atoms with Crippen molar-refractivity contribution in [2.75, 3.05) is 0 Å². The van der Waals surface area contributed by atoms with E-state index in [0.29, 0.717) is 5.75 Å². The summed E-state index contributed by atoms with van der Waals surface area (Å²) in [5, 5.41) is 19.6. The molecule has 1 heterocycles. The van der Waals surface area contributed by atoms with Crippen molar-refractivity contribution >= 4 is 33.5 Å². The molecular weight excluding hydrogens is 396 g/mol. The minimum atomic E-state index is -0.984. The fourth-order valence-corrected chi connectivity index (χ4v) is 4.55. The van der Waals surface area contributed by atoms with Gasteiger partial charge in [-0.1, -0.05) is 43.3 Å². The van der Waals surface area contributed by atoms with Crippen LogP contribution in [-0.2, 0) is 11.2 Å². The second-order valence-electron chi connectivity index (χ2n) is 6.79. The zero-order chi connectivity index (χ0) is 21.1. The van der Waals surface area contributed by atoms with Crippen molar-refractivity contribution in [3.63, 3.8) is 0 Å². The first kappa shape index (κ1) is 19.7. The number of aryl methyl sites for hydroxylation is 1. The van der Waals surface area contributed by atoms with E-state index in [1.165, 1.54) is 11.6 Å². The van der Waals surface area contributed by atoms with Gasteiger partial charge >= 0.3 is 5.97 Å². The lowest BCUT2D eigenvalue weighted by molar-refractivity contribution is -0.131. The Hall–Kier alpha value is -3.57. The Morgan fingerprint density at radius 2 is 1.83 bits per heavy atom. The zero-order valence-electron chi connectivity index (χ0n) is 16.3. The number of thiophene rings is 1. The maximum Gasteiger partial charge on any atom is 0.328 e. The number of carboxylic acid groups (broad SMARTS) is 1. The highest BCUT2D eigenvalue weighted by Gasteiger charge is 2.18. The first-order valence-electron chi connectivity index (χ1n) is 9.58. The normalized spacial score (nSPS) is 11.2. The Bertz CT molecular complexity index is 1240. The van der Waals surface area contributed by atoms with Gasteiger partial charge in [0.1, 0.15) is 11.5 Å². The summed E-state index contributed by atoms with van der Waals surface area (Å²) in [6.45, 7) is 2.13. The number of carboxylic acids is 1. The van der Waals surface area contributed by atoms with E-state index >= 15 is 0 Å². The van der Waals surface area contributed by atoms with Gasteiger partial charge in [-0.25, -0.2) is 4.79 Å². The summed E-state index contributed by atoms with van der Waals surface area (Å²) in [5.41, 5.74) is 3.13. The average Bonchev–Trinajstić information content (AvgIpc) is 3.10. The van der Waals surface area contributed by atoms with Crippen LogP contribution in [0.3, 0.4) is 0 Å². The quantitative estimate of drug-likeness (QED) is 0.342. The molecule has 0 atom stereocenters. The molecular formula is C25H20O4S. The van der Waals surface area contributed by atoms with Crippen molar-refractivity contribution in [1.29, 1.82) is 0 Å². The highest BCUT2D eigenvalue weighted by atomic mass is 32.1. The van der Waals surface area contributed by atoms with Gasteiger partial charge in [0.25, 0.3) is 0 Å². The fourth-order valence-electron chi connectivity index (χ4n) is 3.32. The molecule has 0 aliphatic heterocycles. The van der Waals surface area contributed by atoms with E-state index in [-0.39, 0.29) is 5.75 Å². The summed E-state index contributed by atoms with van der Waals surface area (Å²) < 4.78 is 7.28. The molecule has 150 valence electrons. The lowest BCUT2D eigenvalue weighted by atomic mass is 10.0. The molecule has 0 aliphatic rings. The molecule has 0 saturated carbocycles. The van der Waals surface area contributed by atoms with E-state index in [1.54, 1.807) is 23.5 Å². The molecule has 4 aromatic rings. The summed E-state index contributed by atoms with van der Waals surface area (Å²) in [5.74, 6) is 0.651. The number of carbonyl (C=O) groups is 1. The maximum absolute atomic E-state index is 10.7. The molecule has 4 nitrogen and oxygen atoms in total. The van der Waals surface area contributed by atoms with Gasteiger partial charge in [0.2, 0.25) is 0 Å². The Morgan fingerprint density at radius 3 is 2.57 bits per heavy atom. The van der Waals surface area contributed by atoms with Gasteiger partial charge in [0.05, 0.1) is 4.88 Å². The molecule has 0 saturated heterocycles. The number of aromatic hydroxyl groups is 1. The van der Waals surface area contributed by atoms with Crippen LogP contribution in [0.25, 0.3) is 26.6 Å². The smallest absolute Gasteiger partial charge is 0.328 e. The third-order valence-electron chi connectivity index (χ3n) is 4.79. The molecule has 2 N–H and O–H groups in total. The van der Waals surface area contributed by atoms with E-state index in [4.69, 9.17) is 9.84 Å². The Morgan fingerprint density at radius 1 is 1.07 bits per heavy atom. The third-order valence-corrected chi connectivity index (χ3v) is 5.96. The molecule has 0 aliphatic carbocycles. The predicted octanol–water partition coefficient (Wildman–Crippen LogP) is 6.73. The Kier molecular flexibility index (Phi) is 5.55. The number of hydrogen-bond donors (Lipinski definition) is 2. The summed E-state index contributed by atoms with van der Waals surface area (Å²) in [4.78, 5) is 11.7. The van der Waals surface area contributed by atoms with Crippen LogP contribution in [0, 0.1) is 0 Å². The minimum Gasteiger partial charge on any atom is -0.508 e. The summed E-state index contributed by atoms with van der Waals surface area (Å²) in [6.07, 6.45) is 3.55. The van der Waals surface area contributed by atoms with Crippen LogP contribution in [0.2, 0.25) is 0 Å². The SMILES string of the molecule is CCc1ccccc1-c1sc2cc(O)ccc2c1Oc1ccc(C=CC(=O)O)cc1. The highest BCUT2D eigenvalue weighted by Crippen LogP contribution is 2.48. The van der Waals surface area contributed by atoms with Gasteiger partial charge in [-0.15, -0.1) is 11.3 Å². The average molecular weight is 416 g/mol. The number of rotatable bonds is 6. The van der Waals surface area contributed by atoms with Crippen molar-refractivity contribution in [2.24, 2.45) is 0 Å². The number of aliphatic carboxylic acids is 1. The topological polar surface area (TPSA) is 66.8 Å². The third kappa shape index (κ3) is 4.07. The van der Waals surface area contributed by atoms with E-state index in [2.05, 4.69) is 19.1 Å². The molecule has 0 radical (unpaired) electrons. The van der Waals surface area contributed by atoms with Gasteiger partial charge in [-0.05, 0) is 59.5 Å². The van der Waals surface area contributed by atoms with E-state index in [0.717, 1.165) is 44.3 Å². The number of phenolic OH excluding ortho intramolecular Hbond substituents is 1. The standard InChI is InChI=1S/C25H20O4S/c1-2-17-5-3-4-6-20(17)25-24(21-13-10-18(26)15-22(21)30-25)29-19-11-7-16(8-12-19)9-14-23(27)28/h3-15,26H,2H2,1H3,(H,27,28). The van der Waals surface area contributed by atoms with Crippen molar-refractivity contribution in [3.8, 4) is 27.7 Å². The van der Waals surface area contributed by atoms with Crippen LogP contribution in [0.1, 0.15) is 18.1 Å². The van der Waals surface area contributed by atoms with Crippen LogP contribution in [0.5, 0.6) is 17.2 Å². The number of ether oxygens (including phenoxy) is 1. The fraction of sp³-hybridized carbons (Fsp3) is 0.0800. The molecule has 5 heteroatoms. The van der Waals surface area contributed by atoms with Gasteiger partial charge < -0.3 is 14.9 Å². The van der Waals surface area contributed by atoms with Crippen molar-refractivity contribution in [1.82, 2.24) is 0 Å². The van der Waals surface area contributed by atoms with Crippen LogP contribution >= 0.6 is 11.3 Å². The van der Waals surface area contributed by atoms with Crippen molar-refractivity contribution in [3.05, 3.63) is 83.9 Å². The van der Waals surface area contributed by atoms with E-state index < -0.39 is 5.97 Å². The van der Waals surface area contributed by atoms with Gasteiger partial charge in [-0.2, -0.15) is 0 Å². The molecule has 4 rings (SSSR count). The first-order chi connectivity index (χ1) is 14.5. The van der Waals surface area contributed by atoms with E-state index in [9.17, 15) is 9.90 Å². The van der Waals surface area contributed by atoms with Gasteiger partial charge in [0, 0.05) is 16.2 Å². The van der Waals surface area contributed by atoms with E-state index in [1.807, 2.05) is 42.5 Å². The zero-order valence-corrected chi connectivity index (χ0v) is 17.1. The summed E-state index contributed by atoms with van der Waals surface area (Å²) in [6, 6.07) is 20.8. The highest BCUT2D eigenvalue weighted by molar-refractivity contribution is 7.22. The summed E-state index contributed by atoms with van der Waals surface area (Å²) >= 11 is 1.59. The summed E-state index contributed by atoms with van der Waals surface area (Å²) in [7, 11) is 0. The monoisotopic (exact) mass is 416 g/mol. The molecule has 3 aromatic carbocycles. The molecule has 0 bridgehead atoms. The number of phenols is 1. The van der Waals surface area contributed by atoms with Crippen LogP contribution < -0.4 is 4.74 Å². The van der Waals surface area contributed by atoms with Crippen LogP contribution in [0.15, 0.2) is 72.8 Å². The maximum atomic E-state index is 10.7. The number of hydrogen-bond acceptors (Lipinski definition) is 4. The second kappa shape index (κ2) is 8.43. The van der Waals surface area contributed by atoms with Crippen molar-refractivity contribution < 1.29 is 19.7 Å². The second-order valence-corrected chi connectivity index (χ2v) is 7.85. The van der Waals surface area contributed by atoms with Crippen LogP contribution in [-0.4, -0.2) is 16.2 Å². The first-order valence-corrected chi connectivity index (χ1v) is 10.4. The Labute approximate surface area is 178 Å². The van der Waals surface area contributed by atoms with Gasteiger partial charge in [-0.3, -0.25) is 0 Å². The van der Waals surface area contributed by atoms with Gasteiger partial charge in [0.15, 0.2) is 5.75 Å². The van der Waals surface area contributed by atoms with Crippen molar-refractivity contribution in [2.45, 2.75) is 13.3 Å². The molecule has 0 fully saturated rings. The Balaban J connectivity index is 1.78. The molecule has 30 heavy (non-hydrogen) atoms. The largest absolute Gasteiger partial charge is 0.508 e. The van der Waals surface area contributed by atoms with Crippen LogP contribution in [0.4, 0.5) is 0 Å². The predicted molar refractivity (Wildman–Crippen MR) is 121 cm³/mol. The molecule has 0 unspecified atom stereocenters. The number of benzene rings is 3. The molecule has 0 spiro atoms. The minimum absolute atomic E-state index is 0.222. The molecule has 0 amide bonds. The lowest BCUT2D eigenvalue weighted by Gasteiger charge is -2.11. The number of fused-ring (bicyclic) bond motifs is 1. The molecule has 1 aromatic heterocycles. The lowest BCUT2D eigenvalue weighted by Crippen LogP contribution is -1.89.